The molecule has 0 unspecified atom stereocenters. The quantitative estimate of drug-likeness (QED) is 0.0893. The van der Waals surface area contributed by atoms with Crippen molar-refractivity contribution in [1.82, 2.24) is 0 Å². The summed E-state index contributed by atoms with van der Waals surface area (Å²) in [5.41, 5.74) is -0.893. The van der Waals surface area contributed by atoms with E-state index in [1.807, 2.05) is 13.8 Å². The molecule has 370 valence electrons. The smallest absolute Gasteiger partial charge is 0.187 e. The number of hydrogen-bond donors (Lipinski definition) is 11. The maximum absolute atomic E-state index is 11.7. The Hall–Kier alpha value is -0.940. The molecule has 7 aliphatic rings. The van der Waals surface area contributed by atoms with Crippen molar-refractivity contribution in [2.75, 3.05) is 26.4 Å². The summed E-state index contributed by atoms with van der Waals surface area (Å²) in [6, 6.07) is 0. The molecule has 64 heavy (non-hydrogen) atoms. The summed E-state index contributed by atoms with van der Waals surface area (Å²) in [6.07, 6.45) is -10.2. The molecule has 4 aliphatic carbocycles. The van der Waals surface area contributed by atoms with E-state index in [-0.39, 0.29) is 60.4 Å². The standard InChI is InChI=1S/C47H80O17/c1-23(2)9-8-15-46(7,64-42-39(58)36(55)34(53)28(62-42)21-60-40-37(56)32(51)26(50)20-59-40)25-12-16-44(5)24(25)10-11-30-45(44,6)17-13-29-43(3,4)31(14-18-47(29,30)22-49)63-41-38(57)35(54)33(52)27(19-48)61-41/h9,24-42,48-58H,8,10-22H2,1-7H3/t24-,25+,26-,27-,28-,29-,30+,31-,32+,33-,34-,35+,36+,37-,38-,39-,40-,41+,42+,44-,45-,46+,47+/m1/s1. The maximum Gasteiger partial charge on any atom is 0.187 e. The second-order valence-corrected chi connectivity index (χ2v) is 22.2. The molecule has 17 nitrogen and oxygen atoms in total. The van der Waals surface area contributed by atoms with Crippen molar-refractivity contribution in [3.8, 4) is 0 Å². The summed E-state index contributed by atoms with van der Waals surface area (Å²) in [5, 5.41) is 117. The zero-order valence-corrected chi connectivity index (χ0v) is 38.8. The van der Waals surface area contributed by atoms with Crippen molar-refractivity contribution in [3.63, 3.8) is 0 Å². The molecule has 4 saturated carbocycles. The molecule has 3 heterocycles. The zero-order valence-electron chi connectivity index (χ0n) is 38.8. The molecule has 11 N–H and O–H groups in total. The number of rotatable bonds is 13. The molecular weight excluding hydrogens is 836 g/mol. The first-order valence-electron chi connectivity index (χ1n) is 23.9. The molecule has 3 saturated heterocycles. The lowest BCUT2D eigenvalue weighted by Crippen LogP contribution is -2.67. The molecule has 17 heteroatoms. The minimum Gasteiger partial charge on any atom is -0.396 e. The first-order valence-corrected chi connectivity index (χ1v) is 23.9. The monoisotopic (exact) mass is 917 g/mol. The number of fused-ring (bicyclic) bond motifs is 5. The molecule has 7 rings (SSSR count). The number of ether oxygens (including phenoxy) is 6. The first kappa shape index (κ1) is 50.9. The Bertz CT molecular complexity index is 1610. The van der Waals surface area contributed by atoms with E-state index in [1.165, 1.54) is 0 Å². The summed E-state index contributed by atoms with van der Waals surface area (Å²) >= 11 is 0. The number of allylic oxidation sites excluding steroid dienone is 2. The van der Waals surface area contributed by atoms with Crippen LogP contribution in [0.5, 0.6) is 0 Å². The van der Waals surface area contributed by atoms with Crippen molar-refractivity contribution >= 4 is 0 Å². The summed E-state index contributed by atoms with van der Waals surface area (Å²) in [5.74, 6) is 0.482. The summed E-state index contributed by atoms with van der Waals surface area (Å²) in [7, 11) is 0. The Morgan fingerprint density at radius 3 is 1.95 bits per heavy atom. The van der Waals surface area contributed by atoms with Crippen LogP contribution in [0.3, 0.4) is 0 Å². The van der Waals surface area contributed by atoms with E-state index in [0.29, 0.717) is 25.7 Å². The van der Waals surface area contributed by atoms with E-state index in [4.69, 9.17) is 28.4 Å². The average Bonchev–Trinajstić information content (AvgIpc) is 3.62. The van der Waals surface area contributed by atoms with Gasteiger partial charge in [-0.25, -0.2) is 0 Å². The molecule has 0 aromatic heterocycles. The summed E-state index contributed by atoms with van der Waals surface area (Å²) in [6.45, 7) is 14.1. The van der Waals surface area contributed by atoms with Gasteiger partial charge in [0, 0.05) is 12.0 Å². The molecule has 0 bridgehead atoms. The van der Waals surface area contributed by atoms with Crippen LogP contribution < -0.4 is 0 Å². The molecule has 0 spiro atoms. The van der Waals surface area contributed by atoms with Gasteiger partial charge in [0.2, 0.25) is 0 Å². The molecule has 0 radical (unpaired) electrons. The molecule has 0 aromatic carbocycles. The fourth-order valence-corrected chi connectivity index (χ4v) is 14.5. The summed E-state index contributed by atoms with van der Waals surface area (Å²) in [4.78, 5) is 0. The fraction of sp³-hybridized carbons (Fsp3) is 0.957. The normalized spacial score (nSPS) is 51.3. The van der Waals surface area contributed by atoms with Crippen molar-refractivity contribution < 1.29 is 84.6 Å². The van der Waals surface area contributed by atoms with Crippen molar-refractivity contribution in [1.29, 1.82) is 0 Å². The third-order valence-electron chi connectivity index (χ3n) is 18.4. The molecule has 0 aromatic rings. The Kier molecular flexibility index (Phi) is 15.2. The largest absolute Gasteiger partial charge is 0.396 e. The van der Waals surface area contributed by atoms with Crippen LogP contribution in [0.2, 0.25) is 0 Å². The minimum absolute atomic E-state index is 0.0200. The lowest BCUT2D eigenvalue weighted by atomic mass is 9.35. The van der Waals surface area contributed by atoms with Crippen LogP contribution in [0.4, 0.5) is 0 Å². The van der Waals surface area contributed by atoms with Gasteiger partial charge in [-0.2, -0.15) is 0 Å². The van der Waals surface area contributed by atoms with E-state index < -0.39 is 109 Å². The second kappa shape index (κ2) is 19.1. The van der Waals surface area contributed by atoms with Gasteiger partial charge in [0.25, 0.3) is 0 Å². The average molecular weight is 917 g/mol. The van der Waals surface area contributed by atoms with Crippen LogP contribution >= 0.6 is 0 Å². The second-order valence-electron chi connectivity index (χ2n) is 22.2. The predicted molar refractivity (Wildman–Crippen MR) is 228 cm³/mol. The van der Waals surface area contributed by atoms with Crippen LogP contribution in [0, 0.1) is 45.3 Å². The molecule has 3 aliphatic heterocycles. The third kappa shape index (κ3) is 8.60. The van der Waals surface area contributed by atoms with Gasteiger partial charge >= 0.3 is 0 Å². The van der Waals surface area contributed by atoms with Gasteiger partial charge in [-0.3, -0.25) is 0 Å². The van der Waals surface area contributed by atoms with Gasteiger partial charge in [-0.15, -0.1) is 0 Å². The van der Waals surface area contributed by atoms with E-state index >= 15 is 0 Å². The van der Waals surface area contributed by atoms with Crippen LogP contribution in [0.25, 0.3) is 0 Å². The minimum atomic E-state index is -1.64. The molecule has 7 fully saturated rings. The van der Waals surface area contributed by atoms with Crippen LogP contribution in [-0.2, 0) is 28.4 Å². The Labute approximate surface area is 377 Å². The van der Waals surface area contributed by atoms with E-state index in [0.717, 1.165) is 44.1 Å². The van der Waals surface area contributed by atoms with Crippen molar-refractivity contribution in [2.45, 2.75) is 210 Å². The predicted octanol–water partition coefficient (Wildman–Crippen LogP) is 0.614. The van der Waals surface area contributed by atoms with Crippen LogP contribution in [0.1, 0.15) is 113 Å². The molecular formula is C47H80O17. The van der Waals surface area contributed by atoms with E-state index in [1.54, 1.807) is 0 Å². The van der Waals surface area contributed by atoms with Gasteiger partial charge < -0.3 is 84.6 Å². The fourth-order valence-electron chi connectivity index (χ4n) is 14.5. The molecule has 0 amide bonds. The lowest BCUT2D eigenvalue weighted by molar-refractivity contribution is -0.345. The Balaban J connectivity index is 1.10. The van der Waals surface area contributed by atoms with Gasteiger partial charge in [0.05, 0.1) is 31.5 Å². The molecule has 23 atom stereocenters. The van der Waals surface area contributed by atoms with Gasteiger partial charge in [-0.1, -0.05) is 39.3 Å². The lowest BCUT2D eigenvalue weighted by Gasteiger charge is -2.70. The van der Waals surface area contributed by atoms with Gasteiger partial charge in [-0.05, 0) is 125 Å². The summed E-state index contributed by atoms with van der Waals surface area (Å²) < 4.78 is 36.5. The highest BCUT2D eigenvalue weighted by molar-refractivity contribution is 5.19. The van der Waals surface area contributed by atoms with E-state index in [9.17, 15) is 56.2 Å². The van der Waals surface area contributed by atoms with E-state index in [2.05, 4.69) is 40.7 Å². The van der Waals surface area contributed by atoms with Gasteiger partial charge in [0.1, 0.15) is 67.1 Å². The Morgan fingerprint density at radius 1 is 0.672 bits per heavy atom. The topological polar surface area (TPSA) is 278 Å². The third-order valence-corrected chi connectivity index (χ3v) is 18.4. The number of aliphatic hydroxyl groups is 11. The maximum atomic E-state index is 11.7. The van der Waals surface area contributed by atoms with Gasteiger partial charge in [0.15, 0.2) is 18.9 Å². The highest BCUT2D eigenvalue weighted by Crippen LogP contribution is 2.76. The zero-order chi connectivity index (χ0) is 46.9. The number of hydrogen-bond acceptors (Lipinski definition) is 17. The van der Waals surface area contributed by atoms with Crippen molar-refractivity contribution in [3.05, 3.63) is 11.6 Å². The highest BCUT2D eigenvalue weighted by Gasteiger charge is 2.71. The number of aliphatic hydroxyl groups excluding tert-OH is 11. The Morgan fingerprint density at radius 2 is 1.30 bits per heavy atom. The first-order chi connectivity index (χ1) is 30.0. The SMILES string of the molecule is CC(C)=CCC[C@](C)(O[C@@H]1O[C@H](CO[C@H]2OC[C@@H](O)[C@H](O)[C@H]2O)[C@@H](O)[C@H](O)[C@H]1O)[C@H]1CC[C@]2(C)[C@@H]1CC[C@@H]1[C@]3(CO)CC[C@@H](O[C@@H]4O[C@H](CO)[C@@H](O)[C@H](O)[C@H]4O)C(C)(C)[C@H]3CC[C@]12C. The highest BCUT2D eigenvalue weighted by atomic mass is 16.7. The van der Waals surface area contributed by atoms with Crippen LogP contribution in [0.15, 0.2) is 11.6 Å². The van der Waals surface area contributed by atoms with Crippen molar-refractivity contribution in [2.24, 2.45) is 45.3 Å². The van der Waals surface area contributed by atoms with Crippen LogP contribution in [-0.4, -0.2) is 180 Å².